The van der Waals surface area contributed by atoms with Crippen LogP contribution in [0.5, 0.6) is 11.5 Å². The highest BCUT2D eigenvalue weighted by Gasteiger charge is 2.29. The fourth-order valence-corrected chi connectivity index (χ4v) is 6.81. The Labute approximate surface area is 210 Å². The number of methoxy groups -OCH3 is 1. The number of nitrogens with zero attached hydrogens (tertiary/aromatic N) is 3. The number of aryl methyl sites for hydroxylation is 3. The molecule has 3 aromatic heterocycles. The van der Waals surface area contributed by atoms with Crippen LogP contribution in [0.2, 0.25) is 0 Å². The van der Waals surface area contributed by atoms with Crippen molar-refractivity contribution < 1.29 is 9.84 Å². The second-order valence-corrected chi connectivity index (χ2v) is 11.5. The molecule has 0 radical (unpaired) electrons. The number of fused-ring (bicyclic) bond motifs is 3. The van der Waals surface area contributed by atoms with E-state index in [9.17, 15) is 9.90 Å². The number of thiazole rings is 1. The van der Waals surface area contributed by atoms with Gasteiger partial charge in [-0.1, -0.05) is 12.1 Å². The second-order valence-electron chi connectivity index (χ2n) is 9.19. The molecule has 0 unspecified atom stereocenters. The molecule has 35 heavy (non-hydrogen) atoms. The number of phenols is 1. The van der Waals surface area contributed by atoms with Crippen LogP contribution in [0.25, 0.3) is 31.7 Å². The molecule has 5 aromatic rings. The van der Waals surface area contributed by atoms with Crippen molar-refractivity contribution in [2.45, 2.75) is 46.1 Å². The average Bonchev–Trinajstić information content (AvgIpc) is 3.55. The minimum Gasteiger partial charge on any atom is -0.506 e. The molecule has 0 aliphatic heterocycles. The van der Waals surface area contributed by atoms with Crippen LogP contribution in [0.15, 0.2) is 35.1 Å². The van der Waals surface area contributed by atoms with Crippen molar-refractivity contribution in [2.75, 3.05) is 7.11 Å². The van der Waals surface area contributed by atoms with E-state index in [1.54, 1.807) is 23.0 Å². The summed E-state index contributed by atoms with van der Waals surface area (Å²) in [5, 5.41) is 13.0. The molecule has 1 fully saturated rings. The summed E-state index contributed by atoms with van der Waals surface area (Å²) >= 11 is 2.99. The normalized spacial score (nSPS) is 13.7. The minimum absolute atomic E-state index is 0.0949. The summed E-state index contributed by atoms with van der Waals surface area (Å²) in [5.41, 5.74) is 3.76. The highest BCUT2D eigenvalue weighted by Crippen LogP contribution is 2.46. The van der Waals surface area contributed by atoms with Gasteiger partial charge in [0.05, 0.1) is 34.4 Å². The van der Waals surface area contributed by atoms with Crippen LogP contribution in [0.3, 0.4) is 0 Å². The van der Waals surface area contributed by atoms with Gasteiger partial charge in [-0.3, -0.25) is 9.36 Å². The Balaban J connectivity index is 1.68. The summed E-state index contributed by atoms with van der Waals surface area (Å²) in [6.07, 6.45) is 2.24. The van der Waals surface area contributed by atoms with E-state index in [1.807, 2.05) is 45.0 Å². The molecule has 0 saturated heterocycles. The van der Waals surface area contributed by atoms with Gasteiger partial charge in [-0.05, 0) is 68.9 Å². The Kier molecular flexibility index (Phi) is 5.19. The molecule has 6 nitrogen and oxygen atoms in total. The van der Waals surface area contributed by atoms with Crippen molar-refractivity contribution >= 4 is 43.0 Å². The van der Waals surface area contributed by atoms with Gasteiger partial charge in [0.1, 0.15) is 22.2 Å². The van der Waals surface area contributed by atoms with Gasteiger partial charge in [-0.25, -0.2) is 9.97 Å². The first-order valence-electron chi connectivity index (χ1n) is 11.6. The first-order chi connectivity index (χ1) is 16.9. The first kappa shape index (κ1) is 22.2. The average molecular weight is 504 g/mol. The zero-order chi connectivity index (χ0) is 24.4. The van der Waals surface area contributed by atoms with Crippen molar-refractivity contribution in [1.82, 2.24) is 14.5 Å². The van der Waals surface area contributed by atoms with Gasteiger partial charge in [0, 0.05) is 15.8 Å². The summed E-state index contributed by atoms with van der Waals surface area (Å²) in [4.78, 5) is 25.5. The molecule has 0 atom stereocenters. The van der Waals surface area contributed by atoms with E-state index < -0.39 is 0 Å². The lowest BCUT2D eigenvalue weighted by atomic mass is 10.0. The molecule has 1 N–H and O–H groups in total. The molecule has 0 amide bonds. The van der Waals surface area contributed by atoms with E-state index >= 15 is 0 Å². The predicted molar refractivity (Wildman–Crippen MR) is 142 cm³/mol. The second kappa shape index (κ2) is 8.17. The quantitative estimate of drug-likeness (QED) is 0.305. The number of benzene rings is 2. The molecule has 1 saturated carbocycles. The van der Waals surface area contributed by atoms with Crippen molar-refractivity contribution in [3.63, 3.8) is 0 Å². The van der Waals surface area contributed by atoms with Gasteiger partial charge < -0.3 is 9.84 Å². The van der Waals surface area contributed by atoms with E-state index in [0.717, 1.165) is 50.7 Å². The molecule has 0 bridgehead atoms. The monoisotopic (exact) mass is 503 g/mol. The standard InChI is InChI=1S/C27H25N3O3S2/c1-13-5-9-19-22-26(35-24(19)23(13)31)29-25(18-10-8-17(33-4)11-20(18)16-6-7-16)30(27(22)32)12-21-14(2)28-15(3)34-21/h5,8-11,16,31H,6-7,12H2,1-4H3. The lowest BCUT2D eigenvalue weighted by Gasteiger charge is -2.16. The Hall–Kier alpha value is -3.23. The summed E-state index contributed by atoms with van der Waals surface area (Å²) in [5.74, 6) is 2.12. The van der Waals surface area contributed by atoms with E-state index in [2.05, 4.69) is 11.1 Å². The van der Waals surface area contributed by atoms with Gasteiger partial charge >= 0.3 is 0 Å². The number of aromatic hydroxyl groups is 1. The van der Waals surface area contributed by atoms with Crippen LogP contribution >= 0.6 is 22.7 Å². The Bertz CT molecular complexity index is 1690. The van der Waals surface area contributed by atoms with Crippen LogP contribution < -0.4 is 10.3 Å². The number of aromatic nitrogens is 3. The van der Waals surface area contributed by atoms with E-state index in [1.165, 1.54) is 16.9 Å². The molecule has 1 aliphatic carbocycles. The predicted octanol–water partition coefficient (Wildman–Crippen LogP) is 6.30. The Morgan fingerprint density at radius 1 is 1.11 bits per heavy atom. The largest absolute Gasteiger partial charge is 0.506 e. The molecule has 0 spiro atoms. The lowest BCUT2D eigenvalue weighted by molar-refractivity contribution is 0.414. The topological polar surface area (TPSA) is 77.2 Å². The molecule has 6 rings (SSSR count). The third-order valence-electron chi connectivity index (χ3n) is 6.76. The summed E-state index contributed by atoms with van der Waals surface area (Å²) < 4.78 is 8.00. The SMILES string of the molecule is COc1ccc(-c2nc3sc4c(O)c(C)ccc4c3c(=O)n2Cc2sc(C)nc2C)c(C2CC2)c1. The summed E-state index contributed by atoms with van der Waals surface area (Å²) in [7, 11) is 1.67. The third kappa shape index (κ3) is 3.63. The first-order valence-corrected chi connectivity index (χ1v) is 13.3. The summed E-state index contributed by atoms with van der Waals surface area (Å²) in [6.45, 7) is 6.24. The molecule has 8 heteroatoms. The highest BCUT2D eigenvalue weighted by molar-refractivity contribution is 7.25. The van der Waals surface area contributed by atoms with Crippen LogP contribution in [-0.4, -0.2) is 26.8 Å². The van der Waals surface area contributed by atoms with Crippen molar-refractivity contribution in [2.24, 2.45) is 0 Å². The van der Waals surface area contributed by atoms with E-state index in [-0.39, 0.29) is 11.3 Å². The van der Waals surface area contributed by atoms with Gasteiger partial charge in [0.2, 0.25) is 0 Å². The fourth-order valence-electron chi connectivity index (χ4n) is 4.73. The van der Waals surface area contributed by atoms with Crippen LogP contribution in [0, 0.1) is 20.8 Å². The number of hydrogen-bond donors (Lipinski definition) is 1. The van der Waals surface area contributed by atoms with E-state index in [0.29, 0.717) is 33.2 Å². The van der Waals surface area contributed by atoms with Crippen molar-refractivity contribution in [1.29, 1.82) is 0 Å². The maximum atomic E-state index is 14.1. The maximum Gasteiger partial charge on any atom is 0.263 e. The Morgan fingerprint density at radius 2 is 1.91 bits per heavy atom. The number of ether oxygens (including phenoxy) is 1. The van der Waals surface area contributed by atoms with Crippen LogP contribution in [0.4, 0.5) is 0 Å². The molecule has 1 aliphatic rings. The van der Waals surface area contributed by atoms with Gasteiger partial charge in [-0.15, -0.1) is 22.7 Å². The fraction of sp³-hybridized carbons (Fsp3) is 0.296. The number of hydrogen-bond acceptors (Lipinski definition) is 7. The smallest absolute Gasteiger partial charge is 0.263 e. The van der Waals surface area contributed by atoms with Gasteiger partial charge in [0.15, 0.2) is 0 Å². The molecule has 2 aromatic carbocycles. The zero-order valence-electron chi connectivity index (χ0n) is 20.0. The zero-order valence-corrected chi connectivity index (χ0v) is 21.6. The van der Waals surface area contributed by atoms with Crippen LogP contribution in [-0.2, 0) is 6.54 Å². The Morgan fingerprint density at radius 3 is 2.60 bits per heavy atom. The molecular formula is C27H25N3O3S2. The molecule has 3 heterocycles. The maximum absolute atomic E-state index is 14.1. The van der Waals surface area contributed by atoms with Crippen molar-refractivity contribution in [3.05, 3.63) is 67.4 Å². The molecule has 178 valence electrons. The number of rotatable bonds is 5. The van der Waals surface area contributed by atoms with Crippen molar-refractivity contribution in [3.8, 4) is 22.9 Å². The number of phenolic OH excluding ortho intramolecular Hbond substituents is 1. The molecular weight excluding hydrogens is 478 g/mol. The van der Waals surface area contributed by atoms with Gasteiger partial charge in [0.25, 0.3) is 5.56 Å². The van der Waals surface area contributed by atoms with Crippen LogP contribution in [0.1, 0.15) is 45.5 Å². The van der Waals surface area contributed by atoms with Gasteiger partial charge in [-0.2, -0.15) is 0 Å². The van der Waals surface area contributed by atoms with E-state index in [4.69, 9.17) is 9.72 Å². The minimum atomic E-state index is -0.0949. The lowest BCUT2D eigenvalue weighted by Crippen LogP contribution is -2.24. The highest BCUT2D eigenvalue weighted by atomic mass is 32.1. The third-order valence-corrected chi connectivity index (χ3v) is 8.92. The number of thiophene rings is 1. The summed E-state index contributed by atoms with van der Waals surface area (Å²) in [6, 6.07) is 9.81.